The highest BCUT2D eigenvalue weighted by Crippen LogP contribution is 2.39. The number of nitrogens with two attached hydrogens (primary N) is 1. The van der Waals surface area contributed by atoms with E-state index in [1.807, 2.05) is 163 Å². The van der Waals surface area contributed by atoms with E-state index in [4.69, 9.17) is 24.7 Å². The van der Waals surface area contributed by atoms with E-state index < -0.39 is 11.2 Å². The third-order valence-corrected chi connectivity index (χ3v) is 12.8. The number of carbonyl (C=O) groups excluding carboxylic acids is 4. The summed E-state index contributed by atoms with van der Waals surface area (Å²) in [6.07, 6.45) is 4.24. The van der Waals surface area contributed by atoms with E-state index in [0.717, 1.165) is 71.6 Å². The van der Waals surface area contributed by atoms with Gasteiger partial charge in [-0.25, -0.2) is 19.6 Å². The highest BCUT2D eigenvalue weighted by Gasteiger charge is 2.32. The molecule has 0 spiro atoms. The third kappa shape index (κ3) is 14.1. The fourth-order valence-electron chi connectivity index (χ4n) is 8.86. The van der Waals surface area contributed by atoms with Crippen molar-refractivity contribution in [1.29, 1.82) is 0 Å². The molecule has 4 aromatic carbocycles. The molecule has 2 saturated heterocycles. The number of hydrogen-bond donors (Lipinski definition) is 1. The topological polar surface area (TPSA) is 163 Å². The van der Waals surface area contributed by atoms with Crippen molar-refractivity contribution >= 4 is 46.5 Å². The largest absolute Gasteiger partial charge is 0.488 e. The molecule has 2 aliphatic rings. The van der Waals surface area contributed by atoms with Crippen molar-refractivity contribution in [2.75, 3.05) is 31.9 Å². The van der Waals surface area contributed by atoms with Crippen LogP contribution < -0.4 is 15.2 Å². The fourth-order valence-corrected chi connectivity index (χ4v) is 9.37. The maximum Gasteiger partial charge on any atom is 0.410 e. The maximum absolute atomic E-state index is 12.7. The zero-order valence-electron chi connectivity index (χ0n) is 41.9. The number of halogens is 1. The van der Waals surface area contributed by atoms with Crippen LogP contribution in [0, 0.1) is 0 Å². The number of nitrogens with zero attached hydrogens (tertiary/aromatic N) is 4. The van der Waals surface area contributed by atoms with Crippen LogP contribution in [0.3, 0.4) is 0 Å². The van der Waals surface area contributed by atoms with Crippen LogP contribution >= 0.6 is 15.9 Å². The van der Waals surface area contributed by atoms with Crippen LogP contribution in [0.5, 0.6) is 11.5 Å². The molecule has 2 N–H and O–H groups in total. The number of para-hydroxylation sites is 2. The highest BCUT2D eigenvalue weighted by atomic mass is 79.9. The standard InChI is InChI=1S/C29H31BrN2O4.C29H33N3O4/c2*1-29(2,3)36-28(34)32-15-9-12-21(17-32)23-16-25(31-27(30)24(23)18-33)22-13-7-8-14-26(22)35-19-20-10-5-4-6-11-20/h4-8,10-11,13-14,16,18,21H,9,12,15,17,19H2,1-3H3;4-8,10-11,13-14,16,18,21H,9,12,15,17,19H2,1-3H3,(H2,30,31). The number of anilines is 1. The van der Waals surface area contributed by atoms with Gasteiger partial charge in [0.05, 0.1) is 22.5 Å². The molecule has 6 aromatic rings. The summed E-state index contributed by atoms with van der Waals surface area (Å²) < 4.78 is 23.9. The monoisotopic (exact) mass is 1040 g/mol. The molecule has 0 bridgehead atoms. The zero-order valence-corrected chi connectivity index (χ0v) is 43.5. The number of aromatic nitrogens is 2. The van der Waals surface area contributed by atoms with Crippen LogP contribution in [0.15, 0.2) is 126 Å². The molecule has 2 atom stereocenters. The summed E-state index contributed by atoms with van der Waals surface area (Å²) in [6.45, 7) is 14.2. The van der Waals surface area contributed by atoms with Crippen LogP contribution in [0.4, 0.5) is 15.4 Å². The number of aldehydes is 2. The van der Waals surface area contributed by atoms with Crippen LogP contribution in [0.25, 0.3) is 22.5 Å². The minimum Gasteiger partial charge on any atom is -0.488 e. The molecule has 14 heteroatoms. The van der Waals surface area contributed by atoms with Crippen molar-refractivity contribution in [3.8, 4) is 34.0 Å². The second-order valence-electron chi connectivity index (χ2n) is 20.0. The van der Waals surface area contributed by atoms with Crippen molar-refractivity contribution in [3.05, 3.63) is 159 Å². The number of piperidine rings is 2. The highest BCUT2D eigenvalue weighted by molar-refractivity contribution is 9.10. The minimum atomic E-state index is -0.574. The summed E-state index contributed by atoms with van der Waals surface area (Å²) in [6, 6.07) is 39.2. The van der Waals surface area contributed by atoms with Gasteiger partial charge in [-0.2, -0.15) is 0 Å². The zero-order chi connectivity index (χ0) is 51.4. The van der Waals surface area contributed by atoms with Crippen molar-refractivity contribution < 1.29 is 38.1 Å². The van der Waals surface area contributed by atoms with E-state index in [0.29, 0.717) is 78.0 Å². The molecule has 4 heterocycles. The number of amides is 2. The molecule has 0 saturated carbocycles. The second-order valence-corrected chi connectivity index (χ2v) is 20.8. The average molecular weight is 1040 g/mol. The molecule has 13 nitrogen and oxygen atoms in total. The van der Waals surface area contributed by atoms with E-state index in [1.165, 1.54) is 0 Å². The lowest BCUT2D eigenvalue weighted by Crippen LogP contribution is -2.42. The van der Waals surface area contributed by atoms with Gasteiger partial charge in [0.25, 0.3) is 0 Å². The Hall–Kier alpha value is -7.06. The predicted octanol–water partition coefficient (Wildman–Crippen LogP) is 12.9. The molecule has 2 unspecified atom stereocenters. The molecule has 376 valence electrons. The van der Waals surface area contributed by atoms with Crippen LogP contribution in [-0.2, 0) is 22.7 Å². The van der Waals surface area contributed by atoms with E-state index in [2.05, 4.69) is 25.9 Å². The minimum absolute atomic E-state index is 0.0121. The number of rotatable bonds is 12. The van der Waals surface area contributed by atoms with Crippen LogP contribution in [0.1, 0.15) is 122 Å². The van der Waals surface area contributed by atoms with Gasteiger partial charge in [-0.05, 0) is 142 Å². The van der Waals surface area contributed by atoms with Gasteiger partial charge in [-0.1, -0.05) is 84.9 Å². The van der Waals surface area contributed by atoms with E-state index in [1.54, 1.807) is 9.80 Å². The van der Waals surface area contributed by atoms with E-state index in [-0.39, 0.29) is 29.8 Å². The molecule has 2 amide bonds. The molecule has 0 aliphatic carbocycles. The second kappa shape index (κ2) is 23.9. The SMILES string of the molecule is CC(C)(C)OC(=O)N1CCCC(c2cc(-c3ccccc3OCc3ccccc3)nc(Br)c2C=O)C1.CC(C)(C)OC(=O)N1CCCC(c2cc(-c3ccccc3OCc3ccccc3)nc(N)c2C=O)C1. The molecular formula is C58H64BrN5O8. The van der Waals surface area contributed by atoms with Gasteiger partial charge < -0.3 is 34.5 Å². The van der Waals surface area contributed by atoms with Crippen LogP contribution in [-0.4, -0.2) is 81.9 Å². The molecular weight excluding hydrogens is 975 g/mol. The van der Waals surface area contributed by atoms with Gasteiger partial charge in [0, 0.05) is 49.1 Å². The maximum atomic E-state index is 12.7. The average Bonchev–Trinajstić information content (AvgIpc) is 3.37. The van der Waals surface area contributed by atoms with E-state index >= 15 is 0 Å². The normalized spacial score (nSPS) is 15.9. The summed E-state index contributed by atoms with van der Waals surface area (Å²) in [4.78, 5) is 62.2. The van der Waals surface area contributed by atoms with Crippen molar-refractivity contribution in [2.45, 2.75) is 103 Å². The Labute approximate surface area is 431 Å². The van der Waals surface area contributed by atoms with Gasteiger partial charge >= 0.3 is 12.2 Å². The van der Waals surface area contributed by atoms with Gasteiger partial charge in [-0.15, -0.1) is 0 Å². The summed E-state index contributed by atoms with van der Waals surface area (Å²) in [5.74, 6) is 1.49. The number of pyridine rings is 2. The molecule has 8 rings (SSSR count). The first kappa shape index (κ1) is 52.8. The van der Waals surface area contributed by atoms with Crippen LogP contribution in [0.2, 0.25) is 0 Å². The molecule has 0 radical (unpaired) electrons. The summed E-state index contributed by atoms with van der Waals surface area (Å²) in [5, 5.41) is 0. The number of carbonyl (C=O) groups is 4. The number of hydrogen-bond acceptors (Lipinski definition) is 11. The number of nitrogen functional groups attached to an aromatic ring is 1. The Bertz CT molecular complexity index is 2640. The first-order chi connectivity index (χ1) is 34.5. The van der Waals surface area contributed by atoms with Crippen molar-refractivity contribution in [1.82, 2.24) is 19.8 Å². The Balaban J connectivity index is 0.000000211. The van der Waals surface area contributed by atoms with Gasteiger partial charge in [0.15, 0.2) is 12.6 Å². The summed E-state index contributed by atoms with van der Waals surface area (Å²) in [7, 11) is 0. The number of likely N-dealkylation sites (tertiary alicyclic amines) is 2. The van der Waals surface area contributed by atoms with Gasteiger partial charge in [0.2, 0.25) is 0 Å². The van der Waals surface area contributed by atoms with Gasteiger partial charge in [0.1, 0.15) is 46.3 Å². The fraction of sp³-hybridized carbons (Fsp3) is 0.345. The Morgan fingerprint density at radius 3 is 1.44 bits per heavy atom. The first-order valence-electron chi connectivity index (χ1n) is 24.4. The third-order valence-electron chi connectivity index (χ3n) is 12.2. The molecule has 72 heavy (non-hydrogen) atoms. The Morgan fingerprint density at radius 2 is 1.01 bits per heavy atom. The number of ether oxygens (including phenoxy) is 4. The molecule has 2 aromatic heterocycles. The molecule has 2 aliphatic heterocycles. The predicted molar refractivity (Wildman–Crippen MR) is 283 cm³/mol. The van der Waals surface area contributed by atoms with E-state index in [9.17, 15) is 19.2 Å². The lowest BCUT2D eigenvalue weighted by atomic mass is 9.87. The Kier molecular flexibility index (Phi) is 17.5. The number of benzene rings is 4. The lowest BCUT2D eigenvalue weighted by Gasteiger charge is -2.35. The summed E-state index contributed by atoms with van der Waals surface area (Å²) >= 11 is 3.52. The van der Waals surface area contributed by atoms with Crippen molar-refractivity contribution in [3.63, 3.8) is 0 Å². The first-order valence-corrected chi connectivity index (χ1v) is 25.2. The lowest BCUT2D eigenvalue weighted by molar-refractivity contribution is 0.0188. The molecule has 2 fully saturated rings. The van der Waals surface area contributed by atoms with Gasteiger partial charge in [-0.3, -0.25) is 9.59 Å². The summed E-state index contributed by atoms with van der Waals surface area (Å²) in [5.41, 5.74) is 12.8. The Morgan fingerprint density at radius 1 is 0.611 bits per heavy atom. The van der Waals surface area contributed by atoms with Crippen molar-refractivity contribution in [2.24, 2.45) is 0 Å². The smallest absolute Gasteiger partial charge is 0.410 e. The quantitative estimate of drug-likeness (QED) is 0.0916.